The third-order valence-corrected chi connectivity index (χ3v) is 5.63. The van der Waals surface area contributed by atoms with Crippen LogP contribution >= 0.6 is 0 Å². The van der Waals surface area contributed by atoms with Crippen molar-refractivity contribution in [1.29, 1.82) is 0 Å². The van der Waals surface area contributed by atoms with Gasteiger partial charge in [0.15, 0.2) is 22.8 Å². The van der Waals surface area contributed by atoms with Gasteiger partial charge in [-0.3, -0.25) is 13.9 Å². The highest BCUT2D eigenvalue weighted by molar-refractivity contribution is 6.05. The number of ether oxygens (including phenoxy) is 2. The number of nitrogens with zero attached hydrogens (tertiary/aromatic N) is 5. The zero-order chi connectivity index (χ0) is 22.4. The molecule has 0 N–H and O–H groups in total. The third kappa shape index (κ3) is 2.90. The van der Waals surface area contributed by atoms with E-state index in [1.54, 1.807) is 18.8 Å². The van der Waals surface area contributed by atoms with Gasteiger partial charge in [0.2, 0.25) is 0 Å². The molecule has 32 heavy (non-hydrogen) atoms. The van der Waals surface area contributed by atoms with Crippen molar-refractivity contribution in [3.8, 4) is 17.2 Å². The van der Waals surface area contributed by atoms with Crippen molar-refractivity contribution in [3.63, 3.8) is 0 Å². The van der Waals surface area contributed by atoms with Crippen LogP contribution in [0.3, 0.4) is 0 Å². The average Bonchev–Trinajstić information content (AvgIpc) is 3.12. The quantitative estimate of drug-likeness (QED) is 0.420. The molecule has 3 heterocycles. The van der Waals surface area contributed by atoms with Crippen LogP contribution in [-0.2, 0) is 6.54 Å². The maximum atomic E-state index is 13.6. The normalized spacial score (nSPS) is 11.5. The zero-order valence-corrected chi connectivity index (χ0v) is 18.4. The van der Waals surface area contributed by atoms with Crippen LogP contribution < -0.4 is 15.0 Å². The molecule has 0 atom stereocenters. The second-order valence-electron chi connectivity index (χ2n) is 7.57. The van der Waals surface area contributed by atoms with Gasteiger partial charge in [0.25, 0.3) is 5.56 Å². The molecule has 0 aliphatic rings. The van der Waals surface area contributed by atoms with E-state index in [9.17, 15) is 4.79 Å². The first kappa shape index (κ1) is 20.0. The van der Waals surface area contributed by atoms with Crippen molar-refractivity contribution in [1.82, 2.24) is 24.1 Å². The first-order valence-corrected chi connectivity index (χ1v) is 10.5. The number of aromatic nitrogens is 5. The minimum Gasteiger partial charge on any atom is -0.493 e. The van der Waals surface area contributed by atoms with Crippen LogP contribution in [0, 0.1) is 6.92 Å². The van der Waals surface area contributed by atoms with Gasteiger partial charge in [0.05, 0.1) is 30.9 Å². The molecule has 0 amide bonds. The van der Waals surface area contributed by atoms with E-state index >= 15 is 0 Å². The van der Waals surface area contributed by atoms with Crippen LogP contribution in [-0.4, -0.2) is 38.3 Å². The lowest BCUT2D eigenvalue weighted by atomic mass is 10.2. The molecule has 5 aromatic rings. The molecule has 0 saturated carbocycles. The summed E-state index contributed by atoms with van der Waals surface area (Å²) < 4.78 is 14.5. The lowest BCUT2D eigenvalue weighted by molar-refractivity contribution is 0.355. The van der Waals surface area contributed by atoms with E-state index in [4.69, 9.17) is 24.4 Å². The Morgan fingerprint density at radius 2 is 1.62 bits per heavy atom. The smallest absolute Gasteiger partial charge is 0.265 e. The maximum absolute atomic E-state index is 13.6. The SMILES string of the molecule is CCCn1c(C)nc2c(c1=O)c1nc3ccccc3nc1n2-c1ccc(OC)c(OC)c1. The highest BCUT2D eigenvalue weighted by Gasteiger charge is 2.22. The van der Waals surface area contributed by atoms with E-state index in [0.717, 1.165) is 23.1 Å². The Kier molecular flexibility index (Phi) is 4.77. The van der Waals surface area contributed by atoms with Gasteiger partial charge < -0.3 is 9.47 Å². The molecule has 0 saturated heterocycles. The molecule has 0 fully saturated rings. The number of fused-ring (bicyclic) bond motifs is 4. The van der Waals surface area contributed by atoms with Crippen molar-refractivity contribution in [2.45, 2.75) is 26.8 Å². The highest BCUT2D eigenvalue weighted by Crippen LogP contribution is 2.33. The highest BCUT2D eigenvalue weighted by atomic mass is 16.5. The average molecular weight is 429 g/mol. The molecule has 8 nitrogen and oxygen atoms in total. The summed E-state index contributed by atoms with van der Waals surface area (Å²) in [6, 6.07) is 13.2. The van der Waals surface area contributed by atoms with Crippen molar-refractivity contribution in [2.24, 2.45) is 0 Å². The predicted molar refractivity (Wildman–Crippen MR) is 124 cm³/mol. The van der Waals surface area contributed by atoms with E-state index in [1.807, 2.05) is 60.9 Å². The van der Waals surface area contributed by atoms with Crippen molar-refractivity contribution in [2.75, 3.05) is 14.2 Å². The molecule has 0 aliphatic carbocycles. The van der Waals surface area contributed by atoms with Crippen LogP contribution in [0.25, 0.3) is 38.9 Å². The Bertz CT molecular complexity index is 1550. The molecule has 0 spiro atoms. The van der Waals surface area contributed by atoms with E-state index in [1.165, 1.54) is 0 Å². The summed E-state index contributed by atoms with van der Waals surface area (Å²) in [4.78, 5) is 28.1. The van der Waals surface area contributed by atoms with Gasteiger partial charge in [-0.15, -0.1) is 0 Å². The van der Waals surface area contributed by atoms with Crippen molar-refractivity contribution >= 4 is 33.2 Å². The lowest BCUT2D eigenvalue weighted by Crippen LogP contribution is -2.24. The number of aryl methyl sites for hydroxylation is 1. The summed E-state index contributed by atoms with van der Waals surface area (Å²) >= 11 is 0. The number of benzene rings is 2. The van der Waals surface area contributed by atoms with Crippen LogP contribution in [0.2, 0.25) is 0 Å². The molecular formula is C24H23N5O3. The maximum Gasteiger partial charge on any atom is 0.265 e. The van der Waals surface area contributed by atoms with Gasteiger partial charge >= 0.3 is 0 Å². The summed E-state index contributed by atoms with van der Waals surface area (Å²) in [6.45, 7) is 4.48. The molecule has 3 aromatic heterocycles. The third-order valence-electron chi connectivity index (χ3n) is 5.63. The summed E-state index contributed by atoms with van der Waals surface area (Å²) in [7, 11) is 3.18. The molecule has 0 radical (unpaired) electrons. The fraction of sp³-hybridized carbons (Fsp3) is 0.250. The largest absolute Gasteiger partial charge is 0.493 e. The molecule has 0 unspecified atom stereocenters. The topological polar surface area (TPSA) is 84.1 Å². The van der Waals surface area contributed by atoms with E-state index in [2.05, 4.69) is 0 Å². The summed E-state index contributed by atoms with van der Waals surface area (Å²) in [5.74, 6) is 1.84. The molecule has 8 heteroatoms. The van der Waals surface area contributed by atoms with Gasteiger partial charge in [-0.2, -0.15) is 0 Å². The van der Waals surface area contributed by atoms with E-state index < -0.39 is 0 Å². The van der Waals surface area contributed by atoms with Crippen molar-refractivity contribution in [3.05, 3.63) is 58.6 Å². The van der Waals surface area contributed by atoms with Crippen LogP contribution in [0.1, 0.15) is 19.2 Å². The molecule has 162 valence electrons. The number of para-hydroxylation sites is 2. The second-order valence-corrected chi connectivity index (χ2v) is 7.57. The van der Waals surface area contributed by atoms with Gasteiger partial charge in [0.1, 0.15) is 16.7 Å². The number of rotatable bonds is 5. The molecule has 2 aromatic carbocycles. The summed E-state index contributed by atoms with van der Waals surface area (Å²) in [6.07, 6.45) is 0.830. The summed E-state index contributed by atoms with van der Waals surface area (Å²) in [5, 5.41) is 0.465. The Labute approximate surface area is 184 Å². The Morgan fingerprint density at radius 3 is 2.31 bits per heavy atom. The second kappa shape index (κ2) is 7.64. The molecular weight excluding hydrogens is 406 g/mol. The van der Waals surface area contributed by atoms with Crippen LogP contribution in [0.4, 0.5) is 0 Å². The first-order valence-electron chi connectivity index (χ1n) is 10.5. The Balaban J connectivity index is 1.97. The minimum absolute atomic E-state index is 0.108. The predicted octanol–water partition coefficient (Wildman–Crippen LogP) is 4.02. The number of hydrogen-bond acceptors (Lipinski definition) is 6. The van der Waals surface area contributed by atoms with Gasteiger partial charge in [-0.05, 0) is 37.6 Å². The lowest BCUT2D eigenvalue weighted by Gasteiger charge is -2.12. The van der Waals surface area contributed by atoms with Gasteiger partial charge in [-0.25, -0.2) is 15.0 Å². The minimum atomic E-state index is -0.108. The number of hydrogen-bond donors (Lipinski definition) is 0. The zero-order valence-electron chi connectivity index (χ0n) is 18.4. The van der Waals surface area contributed by atoms with E-state index in [-0.39, 0.29) is 5.56 Å². The Morgan fingerprint density at radius 1 is 0.906 bits per heavy atom. The van der Waals surface area contributed by atoms with Gasteiger partial charge in [-0.1, -0.05) is 19.1 Å². The molecule has 0 bridgehead atoms. The summed E-state index contributed by atoms with van der Waals surface area (Å²) in [5.41, 5.74) is 3.76. The van der Waals surface area contributed by atoms with Gasteiger partial charge in [0, 0.05) is 12.6 Å². The Hall–Kier alpha value is -3.94. The standard InChI is InChI=1S/C24H23N5O3/c1-5-12-28-14(2)25-22-20(24(28)30)21-23(27-17-9-7-6-8-16(17)26-21)29(22)15-10-11-18(31-3)19(13-15)32-4/h6-11,13H,5,12H2,1-4H3. The fourth-order valence-corrected chi connectivity index (χ4v) is 4.13. The first-order chi connectivity index (χ1) is 15.6. The van der Waals surface area contributed by atoms with Crippen LogP contribution in [0.15, 0.2) is 47.3 Å². The van der Waals surface area contributed by atoms with Crippen LogP contribution in [0.5, 0.6) is 11.5 Å². The fourth-order valence-electron chi connectivity index (χ4n) is 4.13. The number of methoxy groups -OCH3 is 2. The monoisotopic (exact) mass is 429 g/mol. The molecule has 0 aliphatic heterocycles. The van der Waals surface area contributed by atoms with Crippen molar-refractivity contribution < 1.29 is 9.47 Å². The van der Waals surface area contributed by atoms with E-state index in [0.29, 0.717) is 46.1 Å². The molecule has 5 rings (SSSR count).